The third kappa shape index (κ3) is 2.23. The van der Waals surface area contributed by atoms with Crippen LogP contribution < -0.4 is 10.6 Å². The highest BCUT2D eigenvalue weighted by Gasteiger charge is 2.28. The van der Waals surface area contributed by atoms with E-state index in [0.29, 0.717) is 5.69 Å². The number of nitrogens with two attached hydrogens (primary N) is 1. The zero-order chi connectivity index (χ0) is 11.7. The van der Waals surface area contributed by atoms with Gasteiger partial charge in [-0.1, -0.05) is 15.9 Å². The van der Waals surface area contributed by atoms with E-state index in [0.717, 1.165) is 23.7 Å². The molecule has 2 nitrogen and oxygen atoms in total. The summed E-state index contributed by atoms with van der Waals surface area (Å²) in [5.41, 5.74) is 6.65. The molecule has 88 valence electrons. The van der Waals surface area contributed by atoms with E-state index in [4.69, 9.17) is 5.73 Å². The van der Waals surface area contributed by atoms with Crippen molar-refractivity contribution in [2.45, 2.75) is 31.3 Å². The van der Waals surface area contributed by atoms with Crippen LogP contribution in [-0.4, -0.2) is 19.1 Å². The molecule has 4 heteroatoms. The van der Waals surface area contributed by atoms with E-state index in [1.165, 1.54) is 6.07 Å². The van der Waals surface area contributed by atoms with Crippen LogP contribution in [-0.2, 0) is 0 Å². The molecule has 1 fully saturated rings. The Balaban J connectivity index is 2.25. The van der Waals surface area contributed by atoms with E-state index >= 15 is 0 Å². The molecular formula is C12H16BrFN2. The summed E-state index contributed by atoms with van der Waals surface area (Å²) in [5.74, 6) is -0.190. The van der Waals surface area contributed by atoms with Crippen LogP contribution in [0.1, 0.15) is 19.3 Å². The number of hydrogen-bond acceptors (Lipinski definition) is 2. The maximum Gasteiger partial charge on any atom is 0.146 e. The van der Waals surface area contributed by atoms with Crippen molar-refractivity contribution in [3.8, 4) is 0 Å². The predicted molar refractivity (Wildman–Crippen MR) is 68.1 cm³/mol. The topological polar surface area (TPSA) is 29.3 Å². The van der Waals surface area contributed by atoms with Crippen LogP contribution in [0.2, 0.25) is 0 Å². The largest absolute Gasteiger partial charge is 0.368 e. The van der Waals surface area contributed by atoms with E-state index in [9.17, 15) is 4.39 Å². The van der Waals surface area contributed by atoms with Gasteiger partial charge in [-0.2, -0.15) is 0 Å². The first-order chi connectivity index (χ1) is 7.59. The van der Waals surface area contributed by atoms with Gasteiger partial charge in [-0.3, -0.25) is 0 Å². The quantitative estimate of drug-likeness (QED) is 0.906. The van der Waals surface area contributed by atoms with Gasteiger partial charge in [0.1, 0.15) is 5.82 Å². The Morgan fingerprint density at radius 3 is 2.81 bits per heavy atom. The van der Waals surface area contributed by atoms with Crippen LogP contribution in [0, 0.1) is 5.82 Å². The predicted octanol–water partition coefficient (Wildman–Crippen LogP) is 2.90. The molecule has 1 saturated carbocycles. The number of rotatable bonds is 2. The lowest BCUT2D eigenvalue weighted by Gasteiger charge is -2.30. The first kappa shape index (κ1) is 11.9. The first-order valence-corrected chi connectivity index (χ1v) is 6.32. The molecule has 2 atom stereocenters. The number of nitrogens with zero attached hydrogens (tertiary/aromatic N) is 1. The minimum absolute atomic E-state index is 0.156. The second kappa shape index (κ2) is 4.72. The summed E-state index contributed by atoms with van der Waals surface area (Å²) in [4.78, 5) is 1.97. The molecule has 1 aromatic rings. The average molecular weight is 287 g/mol. The second-order valence-electron chi connectivity index (χ2n) is 4.37. The summed E-state index contributed by atoms with van der Waals surface area (Å²) in [6.45, 7) is 0. The molecule has 0 aliphatic heterocycles. The minimum atomic E-state index is -0.190. The Kier molecular flexibility index (Phi) is 3.50. The number of halogens is 2. The van der Waals surface area contributed by atoms with E-state index < -0.39 is 0 Å². The molecule has 0 bridgehead atoms. The molecule has 0 amide bonds. The Hall–Kier alpha value is -0.610. The fourth-order valence-electron chi connectivity index (χ4n) is 2.38. The van der Waals surface area contributed by atoms with Crippen molar-refractivity contribution in [3.63, 3.8) is 0 Å². The van der Waals surface area contributed by atoms with Crippen molar-refractivity contribution >= 4 is 21.6 Å². The molecule has 1 aromatic carbocycles. The van der Waals surface area contributed by atoms with Crippen molar-refractivity contribution in [2.75, 3.05) is 11.9 Å². The van der Waals surface area contributed by atoms with E-state index in [1.54, 1.807) is 12.1 Å². The van der Waals surface area contributed by atoms with Gasteiger partial charge in [0.25, 0.3) is 0 Å². The number of likely N-dealkylation sites (N-methyl/N-ethyl adjacent to an activating group) is 1. The molecule has 0 saturated heterocycles. The molecule has 0 spiro atoms. The van der Waals surface area contributed by atoms with Gasteiger partial charge in [0, 0.05) is 23.6 Å². The first-order valence-electron chi connectivity index (χ1n) is 5.53. The average Bonchev–Trinajstić information content (AvgIpc) is 2.67. The number of benzene rings is 1. The Labute approximate surface area is 104 Å². The maximum absolute atomic E-state index is 13.7. The van der Waals surface area contributed by atoms with Crippen molar-refractivity contribution in [1.82, 2.24) is 0 Å². The summed E-state index contributed by atoms with van der Waals surface area (Å²) in [7, 11) is 1.92. The van der Waals surface area contributed by atoms with E-state index in [-0.39, 0.29) is 17.9 Å². The molecule has 0 radical (unpaired) electrons. The smallest absolute Gasteiger partial charge is 0.146 e. The fraction of sp³-hybridized carbons (Fsp3) is 0.500. The van der Waals surface area contributed by atoms with Gasteiger partial charge in [0.15, 0.2) is 0 Å². The van der Waals surface area contributed by atoms with Crippen molar-refractivity contribution < 1.29 is 4.39 Å². The van der Waals surface area contributed by atoms with Gasteiger partial charge in [-0.05, 0) is 37.5 Å². The van der Waals surface area contributed by atoms with Gasteiger partial charge in [-0.15, -0.1) is 0 Å². The molecule has 2 rings (SSSR count). The molecule has 2 unspecified atom stereocenters. The molecule has 2 N–H and O–H groups in total. The molecular weight excluding hydrogens is 271 g/mol. The van der Waals surface area contributed by atoms with E-state index in [2.05, 4.69) is 15.9 Å². The van der Waals surface area contributed by atoms with Gasteiger partial charge >= 0.3 is 0 Å². The minimum Gasteiger partial charge on any atom is -0.368 e. The van der Waals surface area contributed by atoms with Crippen LogP contribution >= 0.6 is 15.9 Å². The summed E-state index contributed by atoms with van der Waals surface area (Å²) >= 11 is 3.36. The molecule has 1 aliphatic rings. The van der Waals surface area contributed by atoms with E-state index in [1.807, 2.05) is 11.9 Å². The lowest BCUT2D eigenvalue weighted by Crippen LogP contribution is -2.42. The van der Waals surface area contributed by atoms with Gasteiger partial charge in [0.2, 0.25) is 0 Å². The normalized spacial score (nSPS) is 24.8. The summed E-state index contributed by atoms with van der Waals surface area (Å²) in [6, 6.07) is 5.41. The van der Waals surface area contributed by atoms with Gasteiger partial charge in [-0.25, -0.2) is 4.39 Å². The summed E-state index contributed by atoms with van der Waals surface area (Å²) in [6.07, 6.45) is 3.21. The van der Waals surface area contributed by atoms with Crippen LogP contribution in [0.3, 0.4) is 0 Å². The third-order valence-electron chi connectivity index (χ3n) is 3.32. The molecule has 16 heavy (non-hydrogen) atoms. The van der Waals surface area contributed by atoms with Crippen LogP contribution in [0.15, 0.2) is 22.7 Å². The number of hydrogen-bond donors (Lipinski definition) is 1. The van der Waals surface area contributed by atoms with Crippen LogP contribution in [0.4, 0.5) is 10.1 Å². The molecule has 0 heterocycles. The fourth-order valence-corrected chi connectivity index (χ4v) is 2.73. The highest BCUT2D eigenvalue weighted by atomic mass is 79.9. The third-order valence-corrected chi connectivity index (χ3v) is 3.81. The summed E-state index contributed by atoms with van der Waals surface area (Å²) < 4.78 is 14.6. The molecule has 1 aliphatic carbocycles. The lowest BCUT2D eigenvalue weighted by molar-refractivity contribution is 0.554. The maximum atomic E-state index is 13.7. The highest BCUT2D eigenvalue weighted by molar-refractivity contribution is 9.10. The Morgan fingerprint density at radius 1 is 1.44 bits per heavy atom. The standard InChI is InChI=1S/C12H16BrFN2/c1-16(11-4-2-3-10(11)15)12-7-8(13)5-6-9(12)14/h5-7,10-11H,2-4,15H2,1H3. The van der Waals surface area contributed by atoms with Crippen molar-refractivity contribution in [2.24, 2.45) is 5.73 Å². The molecule has 0 aromatic heterocycles. The monoisotopic (exact) mass is 286 g/mol. The van der Waals surface area contributed by atoms with Crippen molar-refractivity contribution in [1.29, 1.82) is 0 Å². The van der Waals surface area contributed by atoms with Crippen LogP contribution in [0.5, 0.6) is 0 Å². The second-order valence-corrected chi connectivity index (χ2v) is 5.28. The lowest BCUT2D eigenvalue weighted by atomic mass is 10.1. The highest BCUT2D eigenvalue weighted by Crippen LogP contribution is 2.29. The van der Waals surface area contributed by atoms with Crippen molar-refractivity contribution in [3.05, 3.63) is 28.5 Å². The van der Waals surface area contributed by atoms with Crippen LogP contribution in [0.25, 0.3) is 0 Å². The SMILES string of the molecule is CN(c1cc(Br)ccc1F)C1CCCC1N. The Morgan fingerprint density at radius 2 is 2.19 bits per heavy atom. The zero-order valence-electron chi connectivity index (χ0n) is 9.29. The zero-order valence-corrected chi connectivity index (χ0v) is 10.9. The Bertz CT molecular complexity index is 383. The van der Waals surface area contributed by atoms with Gasteiger partial charge in [0.05, 0.1) is 5.69 Å². The summed E-state index contributed by atoms with van der Waals surface area (Å²) in [5, 5.41) is 0. The number of anilines is 1. The van der Waals surface area contributed by atoms with Gasteiger partial charge < -0.3 is 10.6 Å².